The van der Waals surface area contributed by atoms with Crippen LogP contribution in [0.5, 0.6) is 5.75 Å². The van der Waals surface area contributed by atoms with Crippen molar-refractivity contribution < 1.29 is 9.15 Å². The third kappa shape index (κ3) is 1.96. The minimum atomic E-state index is -0.150. The number of fused-ring (bicyclic) bond motifs is 2. The number of hydrogen-bond donors (Lipinski definition) is 0. The molecule has 1 heterocycles. The molecule has 0 aliphatic carbocycles. The van der Waals surface area contributed by atoms with E-state index in [1.807, 2.05) is 6.07 Å². The molecule has 1 aromatic heterocycles. The van der Waals surface area contributed by atoms with Gasteiger partial charge in [0, 0.05) is 0 Å². The molecule has 0 fully saturated rings. The van der Waals surface area contributed by atoms with E-state index < -0.39 is 0 Å². The lowest BCUT2D eigenvalue weighted by atomic mass is 10.1. The molecule has 0 radical (unpaired) electrons. The molecule has 3 aromatic rings. The van der Waals surface area contributed by atoms with Crippen molar-refractivity contribution in [3.63, 3.8) is 0 Å². The highest BCUT2D eigenvalue weighted by atomic mass is 35.5. The molecule has 100 valence electrons. The number of para-hydroxylation sites is 1. The van der Waals surface area contributed by atoms with E-state index in [1.165, 1.54) is 0 Å². The van der Waals surface area contributed by atoms with Crippen molar-refractivity contribution in [1.29, 1.82) is 0 Å². The predicted octanol–water partition coefficient (Wildman–Crippen LogP) is 4.16. The highest BCUT2D eigenvalue weighted by Crippen LogP contribution is 2.31. The second kappa shape index (κ2) is 5.02. The van der Waals surface area contributed by atoms with Crippen LogP contribution < -0.4 is 10.2 Å². The Hall–Kier alpha value is -2.26. The average molecular weight is 287 g/mol. The molecule has 0 saturated heterocycles. The molecule has 3 rings (SSSR count). The Morgan fingerprint density at radius 1 is 1.25 bits per heavy atom. The van der Waals surface area contributed by atoms with Gasteiger partial charge in [0.25, 0.3) is 0 Å². The molecular weight excluding hydrogens is 276 g/mol. The summed E-state index contributed by atoms with van der Waals surface area (Å²) in [5, 5.41) is 1.25. The van der Waals surface area contributed by atoms with E-state index in [0.29, 0.717) is 39.3 Å². The number of halogens is 1. The first-order chi connectivity index (χ1) is 9.72. The van der Waals surface area contributed by atoms with Crippen molar-refractivity contribution >= 4 is 33.5 Å². The zero-order valence-corrected chi connectivity index (χ0v) is 11.3. The number of ether oxygens (including phenoxy) is 1. The molecule has 2 aromatic carbocycles. The van der Waals surface area contributed by atoms with E-state index in [2.05, 4.69) is 6.58 Å². The van der Waals surface area contributed by atoms with E-state index in [-0.39, 0.29) is 5.43 Å². The third-order valence-electron chi connectivity index (χ3n) is 3.00. The van der Waals surface area contributed by atoms with Crippen molar-refractivity contribution in [1.82, 2.24) is 0 Å². The third-order valence-corrected chi connectivity index (χ3v) is 3.30. The van der Waals surface area contributed by atoms with Crippen LogP contribution in [0.2, 0.25) is 5.02 Å². The minimum absolute atomic E-state index is 0.150. The Bertz CT molecular complexity index is 865. The van der Waals surface area contributed by atoms with E-state index in [9.17, 15) is 4.79 Å². The Morgan fingerprint density at radius 2 is 2.05 bits per heavy atom. The molecule has 0 saturated carbocycles. The van der Waals surface area contributed by atoms with Gasteiger partial charge in [-0.2, -0.15) is 0 Å². The maximum absolute atomic E-state index is 12.6. The van der Waals surface area contributed by atoms with Crippen molar-refractivity contribution in [2.45, 2.75) is 0 Å². The fraction of sp³-hybridized carbons (Fsp3) is 0.0625. The summed E-state index contributed by atoms with van der Waals surface area (Å²) in [5.41, 5.74) is 0.702. The van der Waals surface area contributed by atoms with Crippen LogP contribution in [0.4, 0.5) is 0 Å². The fourth-order valence-electron chi connectivity index (χ4n) is 2.11. The minimum Gasteiger partial charge on any atom is -0.489 e. The molecule has 0 spiro atoms. The second-order valence-corrected chi connectivity index (χ2v) is 4.68. The standard InChI is InChI=1S/C16H11ClO3/c1-2-9-19-13-8-7-11(17)16-14(13)15(18)10-5-3-4-6-12(10)20-16/h2-8H,1,9H2. The van der Waals surface area contributed by atoms with Gasteiger partial charge in [-0.15, -0.1) is 0 Å². The summed E-state index contributed by atoms with van der Waals surface area (Å²) in [6, 6.07) is 10.4. The molecule has 0 bridgehead atoms. The van der Waals surface area contributed by atoms with Crippen LogP contribution in [0.25, 0.3) is 21.9 Å². The van der Waals surface area contributed by atoms with Crippen LogP contribution in [0.1, 0.15) is 0 Å². The Kier molecular flexibility index (Phi) is 3.20. The largest absolute Gasteiger partial charge is 0.489 e. The van der Waals surface area contributed by atoms with Gasteiger partial charge < -0.3 is 9.15 Å². The molecule has 0 atom stereocenters. The second-order valence-electron chi connectivity index (χ2n) is 4.28. The summed E-state index contributed by atoms with van der Waals surface area (Å²) in [4.78, 5) is 12.6. The first-order valence-corrected chi connectivity index (χ1v) is 6.48. The van der Waals surface area contributed by atoms with Crippen LogP contribution >= 0.6 is 11.6 Å². The zero-order valence-electron chi connectivity index (χ0n) is 10.6. The smallest absolute Gasteiger partial charge is 0.204 e. The summed E-state index contributed by atoms with van der Waals surface area (Å²) in [5.74, 6) is 0.448. The molecule has 0 unspecified atom stereocenters. The molecular formula is C16H11ClO3. The zero-order chi connectivity index (χ0) is 14.1. The van der Waals surface area contributed by atoms with Gasteiger partial charge in [0.1, 0.15) is 23.3 Å². The topological polar surface area (TPSA) is 39.4 Å². The normalized spacial score (nSPS) is 10.8. The first-order valence-electron chi connectivity index (χ1n) is 6.10. The lowest BCUT2D eigenvalue weighted by molar-refractivity contribution is 0.367. The Morgan fingerprint density at radius 3 is 2.85 bits per heavy atom. The Balaban J connectivity index is 2.44. The Labute approximate surface area is 120 Å². The lowest BCUT2D eigenvalue weighted by Crippen LogP contribution is -2.05. The monoisotopic (exact) mass is 286 g/mol. The number of rotatable bonds is 3. The molecule has 0 N–H and O–H groups in total. The predicted molar refractivity (Wildman–Crippen MR) is 80.7 cm³/mol. The number of benzene rings is 2. The molecule has 4 heteroatoms. The SMILES string of the molecule is C=CCOc1ccc(Cl)c2oc3ccccc3c(=O)c12. The van der Waals surface area contributed by atoms with Crippen molar-refractivity contribution in [3.8, 4) is 5.75 Å². The molecule has 0 aliphatic rings. The van der Waals surface area contributed by atoms with Gasteiger partial charge in [0.05, 0.1) is 10.4 Å². The van der Waals surface area contributed by atoms with Gasteiger partial charge in [-0.1, -0.05) is 36.4 Å². The van der Waals surface area contributed by atoms with Crippen LogP contribution in [-0.2, 0) is 0 Å². The summed E-state index contributed by atoms with van der Waals surface area (Å²) in [6.45, 7) is 3.90. The summed E-state index contributed by atoms with van der Waals surface area (Å²) < 4.78 is 11.3. The summed E-state index contributed by atoms with van der Waals surface area (Å²) in [7, 11) is 0. The van der Waals surface area contributed by atoms with Crippen molar-refractivity contribution in [3.05, 3.63) is 64.3 Å². The number of hydrogen-bond acceptors (Lipinski definition) is 3. The maximum atomic E-state index is 12.6. The molecule has 0 amide bonds. The van der Waals surface area contributed by atoms with Crippen LogP contribution in [0.15, 0.2) is 58.3 Å². The van der Waals surface area contributed by atoms with Crippen LogP contribution in [-0.4, -0.2) is 6.61 Å². The van der Waals surface area contributed by atoms with Gasteiger partial charge in [0.2, 0.25) is 5.43 Å². The van der Waals surface area contributed by atoms with Crippen molar-refractivity contribution in [2.75, 3.05) is 6.61 Å². The molecule has 0 aliphatic heterocycles. The maximum Gasteiger partial charge on any atom is 0.204 e. The van der Waals surface area contributed by atoms with E-state index in [0.717, 1.165) is 0 Å². The average Bonchev–Trinajstić information content (AvgIpc) is 2.47. The van der Waals surface area contributed by atoms with Gasteiger partial charge in [-0.3, -0.25) is 4.79 Å². The first kappa shape index (κ1) is 12.8. The van der Waals surface area contributed by atoms with E-state index in [4.69, 9.17) is 20.8 Å². The van der Waals surface area contributed by atoms with Gasteiger partial charge in [-0.25, -0.2) is 0 Å². The lowest BCUT2D eigenvalue weighted by Gasteiger charge is -2.08. The molecule has 20 heavy (non-hydrogen) atoms. The summed E-state index contributed by atoms with van der Waals surface area (Å²) in [6.07, 6.45) is 1.61. The van der Waals surface area contributed by atoms with E-state index >= 15 is 0 Å². The van der Waals surface area contributed by atoms with Crippen LogP contribution in [0, 0.1) is 0 Å². The van der Waals surface area contributed by atoms with Crippen LogP contribution in [0.3, 0.4) is 0 Å². The highest BCUT2D eigenvalue weighted by molar-refractivity contribution is 6.35. The molecule has 3 nitrogen and oxygen atoms in total. The van der Waals surface area contributed by atoms with Gasteiger partial charge >= 0.3 is 0 Å². The van der Waals surface area contributed by atoms with Gasteiger partial charge in [0.15, 0.2) is 5.58 Å². The quantitative estimate of drug-likeness (QED) is 0.536. The fourth-order valence-corrected chi connectivity index (χ4v) is 2.31. The van der Waals surface area contributed by atoms with E-state index in [1.54, 1.807) is 36.4 Å². The summed E-state index contributed by atoms with van der Waals surface area (Å²) >= 11 is 6.13. The van der Waals surface area contributed by atoms with Crippen molar-refractivity contribution in [2.24, 2.45) is 0 Å². The van der Waals surface area contributed by atoms with Gasteiger partial charge in [-0.05, 0) is 24.3 Å². The highest BCUT2D eigenvalue weighted by Gasteiger charge is 2.14.